The molecule has 1 saturated carbocycles. The number of aromatic nitrogens is 1. The molecule has 60 heavy (non-hydrogen) atoms. The standard InChI is InChI=1S/C21H23ClFNO5.C14H12ClNO4S.C3H8NO5P/c1-2-3-6-9-28-19(25)12-29-18-11-17(16(23)10-15(18)22)24-20(26)13-7-4-5-8-14(13)21(24)27;1-21(18,19)12-6-9(15)4-5-10(12)13(17)11-7-16-20-14(11)8-2-3-8;5-3(6)1-4-2-10(7,8)9/h10-11H,2-9,12H2,1H3;4-8H,2-3H2,1H3;4H,1-2H2,(H,5,6)(H2,7,8,9). The molecule has 1 aliphatic heterocycles. The monoisotopic (exact) mass is 917 g/mol. The van der Waals surface area contributed by atoms with Gasteiger partial charge in [-0.05, 0) is 69.2 Å². The van der Waals surface area contributed by atoms with Crippen LogP contribution in [0.15, 0.2) is 57.1 Å². The number of ether oxygens (including phenoxy) is 2. The number of carboxylic acids is 1. The Bertz CT molecular complexity index is 2280. The van der Waals surface area contributed by atoms with E-state index in [4.69, 9.17) is 52.1 Å². The van der Waals surface area contributed by atoms with Crippen LogP contribution < -0.4 is 15.0 Å². The van der Waals surface area contributed by atoms with E-state index in [2.05, 4.69) is 10.5 Å². The largest absolute Gasteiger partial charge is 0.480 e. The number of carbonyl (C=O) groups is 5. The molecule has 0 atom stereocenters. The number of carbonyl (C=O) groups excluding carboxylic acids is 4. The Morgan fingerprint density at radius 3 is 2.25 bits per heavy atom. The highest BCUT2D eigenvalue weighted by Crippen LogP contribution is 2.43. The molecule has 0 saturated heterocycles. The van der Waals surface area contributed by atoms with E-state index in [1.807, 2.05) is 6.92 Å². The van der Waals surface area contributed by atoms with Gasteiger partial charge in [-0.3, -0.25) is 29.1 Å². The van der Waals surface area contributed by atoms with Gasteiger partial charge in [0.05, 0.1) is 46.8 Å². The van der Waals surface area contributed by atoms with Crippen molar-refractivity contribution in [2.24, 2.45) is 0 Å². The number of rotatable bonds is 16. The second-order valence-electron chi connectivity index (χ2n) is 13.8. The van der Waals surface area contributed by atoms with Gasteiger partial charge < -0.3 is 28.9 Å². The Labute approximate surface area is 354 Å². The van der Waals surface area contributed by atoms with Crippen LogP contribution in [0.3, 0.4) is 0 Å². The number of ketones is 1. The third kappa shape index (κ3) is 13.5. The Morgan fingerprint density at radius 2 is 1.68 bits per heavy atom. The second-order valence-corrected chi connectivity index (χ2v) is 18.3. The molecule has 1 fully saturated rings. The molecule has 4 N–H and O–H groups in total. The number of nitrogens with zero attached hydrogens (tertiary/aromatic N) is 2. The average Bonchev–Trinajstić information content (AvgIpc) is 3.85. The summed E-state index contributed by atoms with van der Waals surface area (Å²) in [6.45, 7) is 1.49. The molecule has 0 spiro atoms. The number of nitrogens with one attached hydrogen (secondary N) is 1. The van der Waals surface area contributed by atoms with Crippen molar-refractivity contribution in [3.63, 3.8) is 0 Å². The van der Waals surface area contributed by atoms with E-state index in [0.717, 1.165) is 62.2 Å². The molecule has 6 rings (SSSR count). The quantitative estimate of drug-likeness (QED) is 0.0424. The first kappa shape index (κ1) is 48.2. The van der Waals surface area contributed by atoms with Crippen LogP contribution in [0.1, 0.15) is 92.3 Å². The number of carboxylic acid groups (broad SMARTS) is 1. The summed E-state index contributed by atoms with van der Waals surface area (Å²) in [6.07, 6.45) is 9.10. The predicted molar refractivity (Wildman–Crippen MR) is 214 cm³/mol. The van der Waals surface area contributed by atoms with Crippen LogP contribution in [0.25, 0.3) is 0 Å². The number of aliphatic carboxylic acids is 1. The molecule has 3 aliphatic rings. The summed E-state index contributed by atoms with van der Waals surface area (Å²) in [5, 5.41) is 13.9. The minimum Gasteiger partial charge on any atom is -0.480 e. The van der Waals surface area contributed by atoms with Crippen molar-refractivity contribution < 1.29 is 70.2 Å². The smallest absolute Gasteiger partial charge is 0.344 e. The number of halogens is 3. The molecule has 1 aromatic heterocycles. The molecule has 2 amide bonds. The summed E-state index contributed by atoms with van der Waals surface area (Å²) >= 11 is 11.9. The number of imide groups is 1. The lowest BCUT2D eigenvalue weighted by molar-refractivity contribution is -0.146. The maximum atomic E-state index is 14.5. The molecular formula is C38H43Cl2FN3O14PS. The maximum Gasteiger partial charge on any atom is 0.344 e. The van der Waals surface area contributed by atoms with E-state index in [-0.39, 0.29) is 37.9 Å². The molecule has 0 bridgehead atoms. The molecular weight excluding hydrogens is 875 g/mol. The molecule has 17 nitrogen and oxygen atoms in total. The van der Waals surface area contributed by atoms with Crippen LogP contribution in [-0.4, -0.2) is 90.3 Å². The highest BCUT2D eigenvalue weighted by atomic mass is 35.5. The highest BCUT2D eigenvalue weighted by Gasteiger charge is 2.41. The summed E-state index contributed by atoms with van der Waals surface area (Å²) in [4.78, 5) is 76.6. The summed E-state index contributed by atoms with van der Waals surface area (Å²) in [5.74, 6) is -3.21. The van der Waals surface area contributed by atoms with Crippen LogP contribution in [0.5, 0.6) is 5.75 Å². The minimum atomic E-state index is -4.10. The third-order valence-electron chi connectivity index (χ3n) is 8.96. The van der Waals surface area contributed by atoms with Crippen LogP contribution in [0, 0.1) is 5.82 Å². The van der Waals surface area contributed by atoms with E-state index < -0.39 is 72.2 Å². The number of unbranched alkanes of at least 4 members (excludes halogenated alkanes) is 2. The predicted octanol–water partition coefficient (Wildman–Crippen LogP) is 5.97. The van der Waals surface area contributed by atoms with Crippen molar-refractivity contribution in [3.05, 3.63) is 80.4 Å². The number of hydrogen-bond acceptors (Lipinski definition) is 13. The lowest BCUT2D eigenvalue weighted by Crippen LogP contribution is -2.32. The lowest BCUT2D eigenvalue weighted by Gasteiger charge is -2.18. The number of hydrogen-bond donors (Lipinski definition) is 4. The van der Waals surface area contributed by atoms with E-state index in [1.54, 1.807) is 0 Å². The molecule has 2 heterocycles. The number of esters is 1. The van der Waals surface area contributed by atoms with Crippen molar-refractivity contribution in [3.8, 4) is 5.75 Å². The summed E-state index contributed by atoms with van der Waals surface area (Å²) in [6, 6.07) is 6.35. The third-order valence-corrected chi connectivity index (χ3v) is 11.3. The molecule has 2 aliphatic carbocycles. The van der Waals surface area contributed by atoms with Crippen molar-refractivity contribution in [1.82, 2.24) is 10.5 Å². The normalized spacial score (nSPS) is 15.1. The van der Waals surface area contributed by atoms with Crippen LogP contribution in [0.2, 0.25) is 10.0 Å². The summed E-state index contributed by atoms with van der Waals surface area (Å²) < 4.78 is 63.9. The van der Waals surface area contributed by atoms with Crippen molar-refractivity contribution >= 4 is 75.9 Å². The molecule has 0 unspecified atom stereocenters. The van der Waals surface area contributed by atoms with Crippen LogP contribution >= 0.6 is 30.8 Å². The Hall–Kier alpha value is -4.49. The van der Waals surface area contributed by atoms with Crippen LogP contribution in [0.4, 0.5) is 10.1 Å². The number of sulfone groups is 1. The zero-order valence-electron chi connectivity index (χ0n) is 32.4. The highest BCUT2D eigenvalue weighted by molar-refractivity contribution is 7.90. The zero-order chi connectivity index (χ0) is 44.4. The Balaban J connectivity index is 0.000000223. The van der Waals surface area contributed by atoms with Crippen molar-refractivity contribution in [2.75, 3.05) is 37.2 Å². The topological polar surface area (TPSA) is 257 Å². The Morgan fingerprint density at radius 1 is 1.03 bits per heavy atom. The van der Waals surface area contributed by atoms with Gasteiger partial charge in [0.1, 0.15) is 11.6 Å². The Kier molecular flexibility index (Phi) is 17.1. The van der Waals surface area contributed by atoms with Gasteiger partial charge in [-0.25, -0.2) is 22.5 Å². The van der Waals surface area contributed by atoms with Gasteiger partial charge in [-0.1, -0.05) is 48.1 Å². The zero-order valence-corrected chi connectivity index (χ0v) is 35.7. The first-order chi connectivity index (χ1) is 28.2. The minimum absolute atomic E-state index is 0.000883. The molecule has 0 radical (unpaired) electrons. The molecule has 22 heteroatoms. The fourth-order valence-corrected chi connectivity index (χ4v) is 7.72. The molecule has 2 aromatic carbocycles. The van der Waals surface area contributed by atoms with E-state index in [0.29, 0.717) is 41.9 Å². The van der Waals surface area contributed by atoms with Crippen molar-refractivity contribution in [2.45, 2.75) is 75.5 Å². The summed E-state index contributed by atoms with van der Waals surface area (Å²) in [7, 11) is -7.66. The molecule has 3 aromatic rings. The van der Waals surface area contributed by atoms with E-state index in [1.165, 1.54) is 30.5 Å². The SMILES string of the molecule is CCCCCOC(=O)COc1cc(N2C(=O)C3=C(CCCC3)C2=O)c(F)cc1Cl.CS(=O)(=O)c1cc(Cl)ccc1C(=O)c1cnoc1C1CC1.O=C(O)CNCP(=O)(O)O. The summed E-state index contributed by atoms with van der Waals surface area (Å²) in [5.41, 5.74) is 1.09. The molecule has 326 valence electrons. The number of benzene rings is 2. The van der Waals surface area contributed by atoms with Gasteiger partial charge >= 0.3 is 19.5 Å². The first-order valence-corrected chi connectivity index (χ1v) is 23.0. The van der Waals surface area contributed by atoms with Gasteiger partial charge in [-0.2, -0.15) is 0 Å². The van der Waals surface area contributed by atoms with Gasteiger partial charge in [-0.15, -0.1) is 0 Å². The number of amides is 2. The van der Waals surface area contributed by atoms with E-state index >= 15 is 0 Å². The second kappa shape index (κ2) is 21.3. The lowest BCUT2D eigenvalue weighted by atomic mass is 9.93. The van der Waals surface area contributed by atoms with Crippen LogP contribution in [-0.2, 0) is 38.3 Å². The fraction of sp³-hybridized carbons (Fsp3) is 0.421. The fourth-order valence-electron chi connectivity index (χ4n) is 5.98. The van der Waals surface area contributed by atoms with Crippen molar-refractivity contribution in [1.29, 1.82) is 0 Å². The maximum absolute atomic E-state index is 14.5. The number of anilines is 1. The van der Waals surface area contributed by atoms with Gasteiger partial charge in [0.25, 0.3) is 11.8 Å². The van der Waals surface area contributed by atoms with Gasteiger partial charge in [0.2, 0.25) is 0 Å². The van der Waals surface area contributed by atoms with Gasteiger partial charge in [0, 0.05) is 40.0 Å². The first-order valence-electron chi connectivity index (χ1n) is 18.6. The average molecular weight is 919 g/mol. The van der Waals surface area contributed by atoms with Gasteiger partial charge in [0.15, 0.2) is 28.0 Å². The van der Waals surface area contributed by atoms with E-state index in [9.17, 15) is 41.3 Å².